The molecule has 0 unspecified atom stereocenters. The van der Waals surface area contributed by atoms with Gasteiger partial charge in [-0.2, -0.15) is 0 Å². The predicted molar refractivity (Wildman–Crippen MR) is 102 cm³/mol. The highest BCUT2D eigenvalue weighted by molar-refractivity contribution is 9.10. The summed E-state index contributed by atoms with van der Waals surface area (Å²) in [5.41, 5.74) is 1.81. The summed E-state index contributed by atoms with van der Waals surface area (Å²) in [4.78, 5) is 41.8. The number of piperazine rings is 1. The molecule has 1 aromatic rings. The molecular weight excluding hydrogens is 400 g/mol. The van der Waals surface area contributed by atoms with Crippen LogP contribution in [-0.2, 0) is 9.59 Å². The number of carbonyl (C=O) groups is 3. The van der Waals surface area contributed by atoms with Crippen molar-refractivity contribution in [1.82, 2.24) is 14.7 Å². The van der Waals surface area contributed by atoms with E-state index in [4.69, 9.17) is 0 Å². The van der Waals surface area contributed by atoms with Crippen LogP contribution in [0.25, 0.3) is 0 Å². The Labute approximate surface area is 161 Å². The fraction of sp³-hybridized carbons (Fsp3) is 0.500. The zero-order valence-electron chi connectivity index (χ0n) is 14.8. The molecule has 0 atom stereocenters. The third-order valence-electron chi connectivity index (χ3n) is 4.85. The Morgan fingerprint density at radius 2 is 1.42 bits per heavy atom. The highest BCUT2D eigenvalue weighted by atomic mass is 79.9. The van der Waals surface area contributed by atoms with Gasteiger partial charge in [-0.05, 0) is 37.5 Å². The van der Waals surface area contributed by atoms with Gasteiger partial charge in [0.25, 0.3) is 0 Å². The molecule has 2 aliphatic rings. The summed E-state index contributed by atoms with van der Waals surface area (Å²) in [6, 6.07) is 5.45. The third kappa shape index (κ3) is 4.17. The Balaban J connectivity index is 1.51. The summed E-state index contributed by atoms with van der Waals surface area (Å²) >= 11 is 3.45. The molecule has 0 bridgehead atoms. The number of hydrogen-bond acceptors (Lipinski definition) is 3. The van der Waals surface area contributed by atoms with Crippen LogP contribution in [0.4, 0.5) is 10.5 Å². The fourth-order valence-corrected chi connectivity index (χ4v) is 3.56. The maximum atomic E-state index is 12.4. The molecule has 2 fully saturated rings. The van der Waals surface area contributed by atoms with E-state index in [0.29, 0.717) is 39.3 Å². The van der Waals surface area contributed by atoms with Gasteiger partial charge in [-0.15, -0.1) is 0 Å². The van der Waals surface area contributed by atoms with E-state index in [9.17, 15) is 14.4 Å². The van der Waals surface area contributed by atoms with Gasteiger partial charge in [-0.3, -0.25) is 9.59 Å². The number of amides is 4. The molecule has 1 N–H and O–H groups in total. The number of likely N-dealkylation sites (tertiary alicyclic amines) is 1. The number of aryl methyl sites for hydroxylation is 1. The minimum absolute atomic E-state index is 0.196. The molecule has 0 saturated carbocycles. The first-order chi connectivity index (χ1) is 12.5. The van der Waals surface area contributed by atoms with Crippen LogP contribution in [0.3, 0.4) is 0 Å². The normalized spacial score (nSPS) is 17.4. The van der Waals surface area contributed by atoms with E-state index in [0.717, 1.165) is 28.6 Å². The summed E-state index contributed by atoms with van der Waals surface area (Å²) in [7, 11) is 0. The molecule has 2 heterocycles. The molecule has 0 aromatic heterocycles. The molecule has 26 heavy (non-hydrogen) atoms. The number of nitrogens with zero attached hydrogens (tertiary/aromatic N) is 3. The van der Waals surface area contributed by atoms with E-state index in [1.54, 1.807) is 14.7 Å². The number of anilines is 1. The van der Waals surface area contributed by atoms with Gasteiger partial charge >= 0.3 is 17.8 Å². The Morgan fingerprint density at radius 1 is 0.885 bits per heavy atom. The van der Waals surface area contributed by atoms with Gasteiger partial charge < -0.3 is 20.0 Å². The Hall–Kier alpha value is -2.09. The van der Waals surface area contributed by atoms with Crippen molar-refractivity contribution in [2.24, 2.45) is 0 Å². The number of halogens is 1. The molecule has 2 saturated heterocycles. The Kier molecular flexibility index (Phi) is 5.80. The first-order valence-electron chi connectivity index (χ1n) is 8.86. The van der Waals surface area contributed by atoms with Gasteiger partial charge in [0.2, 0.25) is 0 Å². The van der Waals surface area contributed by atoms with Crippen molar-refractivity contribution >= 4 is 39.5 Å². The van der Waals surface area contributed by atoms with Crippen molar-refractivity contribution in [1.29, 1.82) is 0 Å². The third-order valence-corrected chi connectivity index (χ3v) is 5.71. The Bertz CT molecular complexity index is 710. The van der Waals surface area contributed by atoms with Crippen LogP contribution in [0.5, 0.6) is 0 Å². The number of benzene rings is 1. The summed E-state index contributed by atoms with van der Waals surface area (Å²) in [5.74, 6) is -0.862. The van der Waals surface area contributed by atoms with Gasteiger partial charge in [-0.25, -0.2) is 4.79 Å². The lowest BCUT2D eigenvalue weighted by atomic mass is 10.2. The lowest BCUT2D eigenvalue weighted by Crippen LogP contribution is -2.54. The number of nitrogens with one attached hydrogen (secondary N) is 1. The van der Waals surface area contributed by atoms with Crippen LogP contribution in [0.2, 0.25) is 0 Å². The van der Waals surface area contributed by atoms with Gasteiger partial charge in [0.05, 0.1) is 0 Å². The second-order valence-corrected chi connectivity index (χ2v) is 7.53. The van der Waals surface area contributed by atoms with Crippen molar-refractivity contribution in [2.75, 3.05) is 44.6 Å². The van der Waals surface area contributed by atoms with Crippen molar-refractivity contribution in [3.63, 3.8) is 0 Å². The first-order valence-corrected chi connectivity index (χ1v) is 9.65. The SMILES string of the molecule is Cc1ccc(NC(=O)N2CCN(C(=O)C(=O)N3CCCC3)CC2)cc1Br. The molecule has 140 valence electrons. The maximum Gasteiger partial charge on any atom is 0.321 e. The topological polar surface area (TPSA) is 73.0 Å². The minimum atomic E-state index is -0.450. The maximum absolute atomic E-state index is 12.4. The molecule has 0 aliphatic carbocycles. The van der Waals surface area contributed by atoms with E-state index < -0.39 is 11.8 Å². The highest BCUT2D eigenvalue weighted by Gasteiger charge is 2.31. The molecule has 0 spiro atoms. The molecule has 4 amide bonds. The fourth-order valence-electron chi connectivity index (χ4n) is 3.18. The molecule has 1 aromatic carbocycles. The molecule has 0 radical (unpaired) electrons. The van der Waals surface area contributed by atoms with E-state index in [1.807, 2.05) is 25.1 Å². The quantitative estimate of drug-likeness (QED) is 0.703. The number of urea groups is 1. The zero-order valence-corrected chi connectivity index (χ0v) is 16.4. The van der Waals surface area contributed by atoms with E-state index >= 15 is 0 Å². The number of carbonyl (C=O) groups excluding carboxylic acids is 3. The average molecular weight is 423 g/mol. The standard InChI is InChI=1S/C18H23BrN4O3/c1-13-4-5-14(12-15(13)19)20-18(26)23-10-8-22(9-11-23)17(25)16(24)21-6-2-3-7-21/h4-5,12H,2-3,6-11H2,1H3,(H,20,26). The largest absolute Gasteiger partial charge is 0.334 e. The summed E-state index contributed by atoms with van der Waals surface area (Å²) in [5, 5.41) is 2.87. The lowest BCUT2D eigenvalue weighted by Gasteiger charge is -2.34. The van der Waals surface area contributed by atoms with Gasteiger partial charge in [-0.1, -0.05) is 22.0 Å². The number of rotatable bonds is 1. The zero-order chi connectivity index (χ0) is 18.7. The second-order valence-electron chi connectivity index (χ2n) is 6.67. The van der Waals surface area contributed by atoms with Crippen LogP contribution in [0.1, 0.15) is 18.4 Å². The van der Waals surface area contributed by atoms with Gasteiger partial charge in [0, 0.05) is 49.4 Å². The van der Waals surface area contributed by atoms with E-state index in [-0.39, 0.29) is 6.03 Å². The van der Waals surface area contributed by atoms with Crippen LogP contribution in [-0.4, -0.2) is 71.8 Å². The molecular formula is C18H23BrN4O3. The molecule has 3 rings (SSSR count). The van der Waals surface area contributed by atoms with E-state index in [2.05, 4.69) is 21.2 Å². The van der Waals surface area contributed by atoms with Crippen molar-refractivity contribution in [2.45, 2.75) is 19.8 Å². The van der Waals surface area contributed by atoms with Gasteiger partial charge in [0.15, 0.2) is 0 Å². The van der Waals surface area contributed by atoms with Crippen LogP contribution < -0.4 is 5.32 Å². The minimum Gasteiger partial charge on any atom is -0.334 e. The summed E-state index contributed by atoms with van der Waals surface area (Å²) in [6.45, 7) is 4.90. The smallest absolute Gasteiger partial charge is 0.321 e. The highest BCUT2D eigenvalue weighted by Crippen LogP contribution is 2.21. The van der Waals surface area contributed by atoms with Crippen LogP contribution in [0, 0.1) is 6.92 Å². The molecule has 7 nitrogen and oxygen atoms in total. The van der Waals surface area contributed by atoms with Crippen LogP contribution in [0.15, 0.2) is 22.7 Å². The second kappa shape index (κ2) is 8.07. The summed E-state index contributed by atoms with van der Waals surface area (Å²) in [6.07, 6.45) is 1.92. The first kappa shape index (κ1) is 18.7. The average Bonchev–Trinajstić information content (AvgIpc) is 3.18. The van der Waals surface area contributed by atoms with Crippen molar-refractivity contribution in [3.8, 4) is 0 Å². The predicted octanol–water partition coefficient (Wildman–Crippen LogP) is 2.06. The molecule has 2 aliphatic heterocycles. The summed E-state index contributed by atoms with van der Waals surface area (Å²) < 4.78 is 0.936. The van der Waals surface area contributed by atoms with Crippen molar-refractivity contribution in [3.05, 3.63) is 28.2 Å². The van der Waals surface area contributed by atoms with Gasteiger partial charge in [0.1, 0.15) is 0 Å². The van der Waals surface area contributed by atoms with Crippen molar-refractivity contribution < 1.29 is 14.4 Å². The Morgan fingerprint density at radius 3 is 2.00 bits per heavy atom. The molecule has 8 heteroatoms. The number of hydrogen-bond donors (Lipinski definition) is 1. The monoisotopic (exact) mass is 422 g/mol. The van der Waals surface area contributed by atoms with E-state index in [1.165, 1.54) is 0 Å². The van der Waals surface area contributed by atoms with Crippen LogP contribution >= 0.6 is 15.9 Å². The lowest BCUT2D eigenvalue weighted by molar-refractivity contribution is -0.152.